The molecule has 0 aromatic heterocycles. The minimum Gasteiger partial charge on any atom is -0.492 e. The lowest BCUT2D eigenvalue weighted by Crippen LogP contribution is -2.28. The topological polar surface area (TPSA) is 263 Å². The van der Waals surface area contributed by atoms with Gasteiger partial charge in [-0.1, -0.05) is 150 Å². The molecule has 3 rings (SSSR count). The van der Waals surface area contributed by atoms with Crippen LogP contribution in [0.2, 0.25) is 0 Å². The molecule has 3 aromatic carbocycles. The van der Waals surface area contributed by atoms with Crippen molar-refractivity contribution in [3.63, 3.8) is 0 Å². The van der Waals surface area contributed by atoms with Crippen molar-refractivity contribution in [2.75, 3.05) is 44.1 Å². The van der Waals surface area contributed by atoms with E-state index in [0.29, 0.717) is 50.3 Å². The summed E-state index contributed by atoms with van der Waals surface area (Å²) < 4.78 is 163. The maximum absolute atomic E-state index is 15.2. The molecule has 0 amide bonds. The second-order valence-corrected chi connectivity index (χ2v) is 27.8. The zero-order valence-corrected chi connectivity index (χ0v) is 45.9. The van der Waals surface area contributed by atoms with Gasteiger partial charge in [-0.2, -0.15) is 0 Å². The van der Waals surface area contributed by atoms with Crippen LogP contribution in [0.25, 0.3) is 0 Å². The van der Waals surface area contributed by atoms with Gasteiger partial charge < -0.3 is 9.47 Å². The van der Waals surface area contributed by atoms with Crippen molar-refractivity contribution >= 4 is 72.9 Å². The lowest BCUT2D eigenvalue weighted by atomic mass is 9.72. The van der Waals surface area contributed by atoms with Crippen LogP contribution < -0.4 is 33.5 Å². The highest BCUT2D eigenvalue weighted by Gasteiger charge is 2.38. The van der Waals surface area contributed by atoms with E-state index in [9.17, 15) is 33.7 Å². The van der Waals surface area contributed by atoms with Crippen molar-refractivity contribution in [2.45, 2.75) is 172 Å². The predicted octanol–water partition coefficient (Wildman–Crippen LogP) is 10.0. The van der Waals surface area contributed by atoms with E-state index in [0.717, 1.165) is 38.5 Å². The van der Waals surface area contributed by atoms with Crippen LogP contribution in [0, 0.1) is 5.41 Å². The molecule has 392 valence electrons. The van der Waals surface area contributed by atoms with Gasteiger partial charge in [0.05, 0.1) is 41.5 Å². The van der Waals surface area contributed by atoms with Crippen molar-refractivity contribution in [2.24, 2.45) is 10.6 Å². The van der Waals surface area contributed by atoms with Gasteiger partial charge in [-0.05, 0) is 66.3 Å². The fourth-order valence-electron chi connectivity index (χ4n) is 8.01. The highest BCUT2D eigenvalue weighted by molar-refractivity contribution is 7.94. The number of nitrogens with two attached hydrogens (primary N) is 1. The van der Waals surface area contributed by atoms with E-state index >= 15 is 8.42 Å². The summed E-state index contributed by atoms with van der Waals surface area (Å²) in [4.78, 5) is -2.15. The highest BCUT2D eigenvalue weighted by atomic mass is 32.2. The fraction of sp³-hybridized carbons (Fsp3) is 0.617. The van der Waals surface area contributed by atoms with Crippen LogP contribution in [-0.2, 0) is 55.5 Å². The van der Waals surface area contributed by atoms with Crippen LogP contribution in [0.3, 0.4) is 0 Å². The van der Waals surface area contributed by atoms with E-state index in [1.807, 2.05) is 46.3 Å². The molecule has 0 bridgehead atoms. The van der Waals surface area contributed by atoms with Crippen LogP contribution in [0.4, 0.5) is 22.7 Å². The Morgan fingerprint density at radius 3 is 1.59 bits per heavy atom. The largest absolute Gasteiger partial charge is 0.492 e. The van der Waals surface area contributed by atoms with E-state index in [1.165, 1.54) is 49.2 Å². The summed E-state index contributed by atoms with van der Waals surface area (Å²) in [6.45, 7) is 15.6. The van der Waals surface area contributed by atoms with Gasteiger partial charge in [0.25, 0.3) is 20.0 Å². The number of benzene rings is 3. The molecule has 3 aromatic rings. The number of hydrogen-bond acceptors (Lipinski definition) is 12. The van der Waals surface area contributed by atoms with Crippen molar-refractivity contribution in [3.8, 4) is 11.5 Å². The smallest absolute Gasteiger partial charge is 0.265 e. The molecule has 0 radical (unpaired) electrons. The number of ether oxygens (including phenoxy) is 2. The van der Waals surface area contributed by atoms with Crippen LogP contribution in [0.15, 0.2) is 63.2 Å². The van der Waals surface area contributed by atoms with Crippen molar-refractivity contribution < 1.29 is 51.6 Å². The molecule has 0 saturated carbocycles. The Hall–Kier alpha value is -3.83. The summed E-state index contributed by atoms with van der Waals surface area (Å²) in [7, 11) is -24.4. The quantitative estimate of drug-likeness (QED) is 0.0366. The van der Waals surface area contributed by atoms with Crippen molar-refractivity contribution in [1.29, 1.82) is 0 Å². The fourth-order valence-corrected chi connectivity index (χ4v) is 13.2. The first kappa shape index (κ1) is 59.5. The monoisotopic (exact) mass is 1060 g/mol. The van der Waals surface area contributed by atoms with Gasteiger partial charge in [-0.25, -0.2) is 47.2 Å². The number of rotatable bonds is 32. The number of nitrogens with one attached hydrogen (secondary N) is 4. The second kappa shape index (κ2) is 25.5. The van der Waals surface area contributed by atoms with Crippen LogP contribution in [-0.4, -0.2) is 67.3 Å². The van der Waals surface area contributed by atoms with Crippen LogP contribution in [0.5, 0.6) is 11.5 Å². The van der Waals surface area contributed by atoms with Gasteiger partial charge in [0.15, 0.2) is 5.75 Å². The van der Waals surface area contributed by atoms with Gasteiger partial charge in [-0.15, -0.1) is 0 Å². The molecule has 69 heavy (non-hydrogen) atoms. The third-order valence-electron chi connectivity index (χ3n) is 11.0. The molecule has 0 spiro atoms. The first-order valence-corrected chi connectivity index (χ1v) is 31.8. The molecule has 0 aliphatic heterocycles. The van der Waals surface area contributed by atoms with Crippen molar-refractivity contribution in [3.05, 3.63) is 54.1 Å². The average Bonchev–Trinajstić information content (AvgIpc) is 3.22. The molecular weight excluding hydrogens is 987 g/mol. The summed E-state index contributed by atoms with van der Waals surface area (Å²) >= 11 is 0. The molecule has 0 fully saturated rings. The van der Waals surface area contributed by atoms with Crippen LogP contribution >= 0.6 is 0 Å². The molecule has 22 heteroatoms. The van der Waals surface area contributed by atoms with E-state index in [-0.39, 0.29) is 35.7 Å². The van der Waals surface area contributed by atoms with E-state index < -0.39 is 99.6 Å². The Kier molecular flexibility index (Phi) is 22.0. The van der Waals surface area contributed by atoms with Crippen molar-refractivity contribution in [1.82, 2.24) is 0 Å². The van der Waals surface area contributed by atoms with Gasteiger partial charge >= 0.3 is 0 Å². The number of sulfonamides is 5. The average molecular weight is 1060 g/mol. The summed E-state index contributed by atoms with van der Waals surface area (Å²) in [5.41, 5.74) is -4.16. The lowest BCUT2D eigenvalue weighted by molar-refractivity contribution is 0.282. The summed E-state index contributed by atoms with van der Waals surface area (Å²) in [6, 6.07) is 11.4. The Balaban J connectivity index is 2.53. The molecule has 17 nitrogen and oxygen atoms in total. The summed E-state index contributed by atoms with van der Waals surface area (Å²) in [5.74, 6) is -1.39. The number of anilines is 4. The summed E-state index contributed by atoms with van der Waals surface area (Å²) in [6.07, 6.45) is 12.4. The van der Waals surface area contributed by atoms with Gasteiger partial charge in [0.1, 0.15) is 26.9 Å². The Morgan fingerprint density at radius 2 is 1.06 bits per heavy atom. The molecule has 0 aliphatic carbocycles. The molecule has 6 N–H and O–H groups in total. The van der Waals surface area contributed by atoms with E-state index in [1.54, 1.807) is 19.1 Å². The lowest BCUT2D eigenvalue weighted by Gasteiger charge is -2.33. The van der Waals surface area contributed by atoms with E-state index in [2.05, 4.69) is 21.1 Å². The Labute approximate surface area is 414 Å². The maximum Gasteiger partial charge on any atom is 0.265 e. The SMILES string of the molecule is CCCCCCCCCCCCOc1c(NS(=O)(=O)CCCC)c(NS(C)(=O)=O)c(S(N)(=O)=O)c(NS(=O)(=O)c2cc(C(C)(C)CC(C)(C)C)ccc2OCCCC)c1NS(=O)(=O)c1ccccc1. The summed E-state index contributed by atoms with van der Waals surface area (Å²) in [5, 5.41) is 5.89. The standard InChI is InChI=1S/C47H77N5O12S5/c1-10-13-16-17-18-19-20-21-22-26-32-64-44-40(50-66(55,56)33-15-12-3)42(49-65(9,53)54)45(67(48,57)58)43(41(44)51-68(59,60)37-27-24-23-25-28-37)52-69(61,62)39-34-36(47(7,8)35-46(4,5)6)29-30-38(39)63-31-14-11-2/h23-25,27-30,34,49-52H,10-22,26,31-33,35H2,1-9H3,(H2,48,57,58). The first-order chi connectivity index (χ1) is 32.0. The number of hydrogen-bond donors (Lipinski definition) is 5. The Bertz CT molecular complexity index is 2730. The molecular formula is C47H77N5O12S5. The van der Waals surface area contributed by atoms with Gasteiger partial charge in [-0.3, -0.25) is 18.9 Å². The molecule has 0 aliphatic rings. The van der Waals surface area contributed by atoms with E-state index in [4.69, 9.17) is 14.6 Å². The van der Waals surface area contributed by atoms with Gasteiger partial charge in [0.2, 0.25) is 30.1 Å². The third-order valence-corrected chi connectivity index (χ3v) is 16.6. The second-order valence-electron chi connectivity index (χ2n) is 19.4. The molecule has 0 atom stereocenters. The maximum atomic E-state index is 15.2. The molecule has 0 saturated heterocycles. The van der Waals surface area contributed by atoms with Crippen LogP contribution in [0.1, 0.15) is 157 Å². The molecule has 0 heterocycles. The Morgan fingerprint density at radius 1 is 0.551 bits per heavy atom. The molecule has 0 unspecified atom stereocenters. The first-order valence-electron chi connectivity index (χ1n) is 23.7. The predicted molar refractivity (Wildman–Crippen MR) is 278 cm³/mol. The zero-order valence-electron chi connectivity index (χ0n) is 41.9. The number of unbranched alkanes of at least 4 members (excludes halogenated alkanes) is 11. The zero-order chi connectivity index (χ0) is 51.9. The highest BCUT2D eigenvalue weighted by Crippen LogP contribution is 2.52. The van der Waals surface area contributed by atoms with Gasteiger partial charge in [0, 0.05) is 0 Å². The normalized spacial score (nSPS) is 13.0. The number of primary sulfonamides is 1. The minimum atomic E-state index is -5.38. The minimum absolute atomic E-state index is 0.0978. The third kappa shape index (κ3) is 19.0.